The summed E-state index contributed by atoms with van der Waals surface area (Å²) in [7, 11) is -3.85. The van der Waals surface area contributed by atoms with E-state index in [4.69, 9.17) is 14.2 Å². The number of aliphatic hydroxyl groups excluding tert-OH is 1. The van der Waals surface area contributed by atoms with E-state index < -0.39 is 28.0 Å². The van der Waals surface area contributed by atoms with Crippen molar-refractivity contribution in [3.63, 3.8) is 0 Å². The van der Waals surface area contributed by atoms with Crippen LogP contribution in [0, 0.1) is 24.7 Å². The average Bonchev–Trinajstić information content (AvgIpc) is 3.38. The Morgan fingerprint density at radius 2 is 1.69 bits per heavy atom. The molecule has 0 saturated carbocycles. The van der Waals surface area contributed by atoms with Gasteiger partial charge in [-0.2, -0.15) is 4.31 Å². The number of nitrogens with zero attached hydrogens (tertiary/aromatic N) is 1. The monoisotopic (exact) mass is 559 g/mol. The highest BCUT2D eigenvalue weighted by Gasteiger charge is 2.41. The molecule has 39 heavy (non-hydrogen) atoms. The third-order valence-corrected chi connectivity index (χ3v) is 9.31. The number of fused-ring (bicyclic) bond motifs is 1. The van der Waals surface area contributed by atoms with Crippen LogP contribution in [0.25, 0.3) is 0 Å². The second-order valence-corrected chi connectivity index (χ2v) is 13.1. The number of aryl methyl sites for hydroxylation is 1. The Morgan fingerprint density at radius 1 is 1.03 bits per heavy atom. The number of esters is 1. The minimum Gasteiger partial charge on any atom is -0.462 e. The van der Waals surface area contributed by atoms with Gasteiger partial charge in [-0.25, -0.2) is 8.42 Å². The van der Waals surface area contributed by atoms with E-state index in [9.17, 15) is 18.3 Å². The Morgan fingerprint density at radius 3 is 2.36 bits per heavy atom. The molecule has 2 heterocycles. The molecule has 4 rings (SSSR count). The van der Waals surface area contributed by atoms with Crippen molar-refractivity contribution in [1.29, 1.82) is 0 Å². The van der Waals surface area contributed by atoms with Crippen LogP contribution in [0.2, 0.25) is 0 Å². The summed E-state index contributed by atoms with van der Waals surface area (Å²) >= 11 is 0. The van der Waals surface area contributed by atoms with Crippen LogP contribution in [0.1, 0.15) is 44.2 Å². The molecule has 0 amide bonds. The van der Waals surface area contributed by atoms with E-state index in [0.29, 0.717) is 26.1 Å². The fraction of sp³-hybridized carbons (Fsp3) is 0.567. The maximum atomic E-state index is 13.6. The number of hydrogen-bond acceptors (Lipinski definition) is 7. The molecule has 8 nitrogen and oxygen atoms in total. The molecule has 0 unspecified atom stereocenters. The lowest BCUT2D eigenvalue weighted by molar-refractivity contribution is -0.195. The van der Waals surface area contributed by atoms with Crippen molar-refractivity contribution in [1.82, 2.24) is 4.31 Å². The molecule has 0 spiro atoms. The second kappa shape index (κ2) is 13.4. The van der Waals surface area contributed by atoms with Crippen LogP contribution in [0.3, 0.4) is 0 Å². The van der Waals surface area contributed by atoms with Crippen LogP contribution in [0.5, 0.6) is 0 Å². The van der Waals surface area contributed by atoms with Gasteiger partial charge in [-0.1, -0.05) is 61.9 Å². The van der Waals surface area contributed by atoms with E-state index in [2.05, 4.69) is 0 Å². The molecular weight excluding hydrogens is 518 g/mol. The summed E-state index contributed by atoms with van der Waals surface area (Å²) in [6.07, 6.45) is 0.0884. The van der Waals surface area contributed by atoms with Gasteiger partial charge in [-0.3, -0.25) is 4.79 Å². The number of hydrogen-bond donors (Lipinski definition) is 1. The third kappa shape index (κ3) is 7.89. The normalized spacial score (nSPS) is 23.0. The van der Waals surface area contributed by atoms with E-state index in [-0.39, 0.29) is 48.6 Å². The molecular formula is C30H41NO7S. The van der Waals surface area contributed by atoms with E-state index in [0.717, 1.165) is 17.5 Å². The predicted molar refractivity (Wildman–Crippen MR) is 147 cm³/mol. The minimum atomic E-state index is -3.85. The van der Waals surface area contributed by atoms with Gasteiger partial charge >= 0.3 is 5.97 Å². The Kier molecular flexibility index (Phi) is 10.2. The summed E-state index contributed by atoms with van der Waals surface area (Å²) in [5.41, 5.74) is 1.92. The predicted octanol–water partition coefficient (Wildman–Crippen LogP) is 3.95. The van der Waals surface area contributed by atoms with Crippen LogP contribution in [-0.2, 0) is 35.4 Å². The lowest BCUT2D eigenvalue weighted by Crippen LogP contribution is -2.43. The highest BCUT2D eigenvalue weighted by Crippen LogP contribution is 2.33. The van der Waals surface area contributed by atoms with Crippen LogP contribution >= 0.6 is 0 Å². The summed E-state index contributed by atoms with van der Waals surface area (Å²) in [5, 5.41) is 11.5. The van der Waals surface area contributed by atoms with Crippen LogP contribution in [-0.4, -0.2) is 68.6 Å². The smallest absolute Gasteiger partial charge is 0.306 e. The first-order valence-corrected chi connectivity index (χ1v) is 15.3. The van der Waals surface area contributed by atoms with Gasteiger partial charge in [0.25, 0.3) is 0 Å². The second-order valence-electron chi connectivity index (χ2n) is 11.1. The molecule has 2 saturated heterocycles. The van der Waals surface area contributed by atoms with Crippen LogP contribution < -0.4 is 0 Å². The molecule has 2 aliphatic heterocycles. The lowest BCUT2D eigenvalue weighted by Gasteiger charge is -2.33. The molecule has 0 bridgehead atoms. The molecule has 0 aliphatic carbocycles. The average molecular weight is 560 g/mol. The Hall–Kier alpha value is -2.30. The Bertz CT molecular complexity index is 1170. The topological polar surface area (TPSA) is 102 Å². The summed E-state index contributed by atoms with van der Waals surface area (Å²) in [5.74, 6) is -0.867. The van der Waals surface area contributed by atoms with Gasteiger partial charge < -0.3 is 19.3 Å². The number of carbonyl (C=O) groups excluding carboxylic acids is 1. The first kappa shape index (κ1) is 29.7. The lowest BCUT2D eigenvalue weighted by atomic mass is 9.90. The number of sulfonamides is 1. The third-order valence-electron chi connectivity index (χ3n) is 7.46. The van der Waals surface area contributed by atoms with Gasteiger partial charge in [0.2, 0.25) is 10.0 Å². The molecule has 2 fully saturated rings. The summed E-state index contributed by atoms with van der Waals surface area (Å²) in [4.78, 5) is 13.4. The van der Waals surface area contributed by atoms with E-state index in [1.807, 2.05) is 51.1 Å². The summed E-state index contributed by atoms with van der Waals surface area (Å²) in [6, 6.07) is 16.3. The number of ether oxygens (including phenoxy) is 3. The number of rotatable bonds is 12. The first-order valence-electron chi connectivity index (χ1n) is 13.8. The quantitative estimate of drug-likeness (QED) is 0.393. The number of carbonyl (C=O) groups is 1. The molecule has 5 atom stereocenters. The van der Waals surface area contributed by atoms with Crippen molar-refractivity contribution >= 4 is 16.0 Å². The zero-order valence-electron chi connectivity index (χ0n) is 23.1. The highest BCUT2D eigenvalue weighted by molar-refractivity contribution is 7.89. The number of benzene rings is 2. The van der Waals surface area contributed by atoms with Gasteiger partial charge in [-0.15, -0.1) is 0 Å². The van der Waals surface area contributed by atoms with Crippen molar-refractivity contribution in [2.75, 3.05) is 26.3 Å². The maximum absolute atomic E-state index is 13.6. The molecule has 1 N–H and O–H groups in total. The van der Waals surface area contributed by atoms with E-state index in [1.165, 1.54) is 4.31 Å². The van der Waals surface area contributed by atoms with Crippen molar-refractivity contribution in [3.8, 4) is 0 Å². The fourth-order valence-electron chi connectivity index (χ4n) is 5.36. The first-order chi connectivity index (χ1) is 18.6. The van der Waals surface area contributed by atoms with E-state index >= 15 is 0 Å². The van der Waals surface area contributed by atoms with E-state index in [1.54, 1.807) is 24.3 Å². The molecule has 9 heteroatoms. The van der Waals surface area contributed by atoms with Crippen molar-refractivity contribution in [3.05, 3.63) is 65.7 Å². The van der Waals surface area contributed by atoms with Gasteiger partial charge in [-0.05, 0) is 43.4 Å². The summed E-state index contributed by atoms with van der Waals surface area (Å²) < 4.78 is 45.7. The van der Waals surface area contributed by atoms with Gasteiger partial charge in [0.15, 0.2) is 6.29 Å². The zero-order chi connectivity index (χ0) is 28.0. The zero-order valence-corrected chi connectivity index (χ0v) is 23.9. The maximum Gasteiger partial charge on any atom is 0.306 e. The van der Waals surface area contributed by atoms with Crippen molar-refractivity contribution < 1.29 is 32.5 Å². The van der Waals surface area contributed by atoms with Crippen molar-refractivity contribution in [2.45, 2.75) is 69.8 Å². The Balaban J connectivity index is 1.51. The molecule has 214 valence electrons. The molecule has 2 aromatic rings. The van der Waals surface area contributed by atoms with Gasteiger partial charge in [0.1, 0.15) is 6.10 Å². The fourth-order valence-corrected chi connectivity index (χ4v) is 6.98. The largest absolute Gasteiger partial charge is 0.462 e. The minimum absolute atomic E-state index is 0.0152. The molecule has 2 aromatic carbocycles. The number of aliphatic hydroxyl groups is 1. The van der Waals surface area contributed by atoms with Gasteiger partial charge in [0, 0.05) is 31.3 Å². The van der Waals surface area contributed by atoms with Crippen LogP contribution in [0.4, 0.5) is 0 Å². The highest BCUT2D eigenvalue weighted by atomic mass is 32.2. The summed E-state index contributed by atoms with van der Waals surface area (Å²) in [6.45, 7) is 6.97. The molecule has 2 aliphatic rings. The SMILES string of the molecule is Cc1ccc(S(=O)(=O)N(CC(C)C)C[C@@H](O)[C@@H](CC(=O)O[C@H]2CCO[C@H]3OCC[C@H]32)Cc2ccccc2)cc1. The molecule has 0 radical (unpaired) electrons. The standard InChI is InChI=1S/C30H41NO7S/c1-21(2)19-31(39(34,35)25-11-9-22(3)10-12-25)20-27(32)24(17-23-7-5-4-6-8-23)18-29(33)38-28-14-16-37-30-26(28)13-15-36-30/h4-12,21,24,26-28,30,32H,13-20H2,1-3H3/t24-,26+,27-,28+,30-/m1/s1. The molecule has 0 aromatic heterocycles. The Labute approximate surface area is 232 Å². The van der Waals surface area contributed by atoms with Gasteiger partial charge in [0.05, 0.1) is 30.6 Å². The van der Waals surface area contributed by atoms with Crippen molar-refractivity contribution in [2.24, 2.45) is 17.8 Å². The van der Waals surface area contributed by atoms with Crippen LogP contribution in [0.15, 0.2) is 59.5 Å².